The highest BCUT2D eigenvalue weighted by Gasteiger charge is 2.32. The fourth-order valence-corrected chi connectivity index (χ4v) is 3.47. The first-order valence-electron chi connectivity index (χ1n) is 6.51. The van der Waals surface area contributed by atoms with Gasteiger partial charge in [-0.15, -0.1) is 0 Å². The highest BCUT2D eigenvalue weighted by Crippen LogP contribution is 2.14. The summed E-state index contributed by atoms with van der Waals surface area (Å²) in [6.07, 6.45) is 0.238. The van der Waals surface area contributed by atoms with Crippen LogP contribution >= 0.6 is 11.8 Å². The zero-order chi connectivity index (χ0) is 12.3. The first-order chi connectivity index (χ1) is 8.18. The Morgan fingerprint density at radius 2 is 2.06 bits per heavy atom. The lowest BCUT2D eigenvalue weighted by atomic mass is 10.1. The fraction of sp³-hybridized carbons (Fsp3) is 0.917. The van der Waals surface area contributed by atoms with Crippen LogP contribution in [0.4, 0.5) is 0 Å². The van der Waals surface area contributed by atoms with E-state index in [1.807, 2.05) is 16.7 Å². The van der Waals surface area contributed by atoms with Crippen molar-refractivity contribution in [3.05, 3.63) is 0 Å². The predicted octanol–water partition coefficient (Wildman–Crippen LogP) is 0.449. The smallest absolute Gasteiger partial charge is 0.237 e. The molecule has 1 amide bonds. The van der Waals surface area contributed by atoms with Gasteiger partial charge in [0.15, 0.2) is 0 Å². The number of carbonyl (C=O) groups excluding carboxylic acids is 1. The Labute approximate surface area is 108 Å². The Morgan fingerprint density at radius 3 is 2.71 bits per heavy atom. The maximum Gasteiger partial charge on any atom is 0.237 e. The molecule has 0 radical (unpaired) electrons. The molecule has 0 saturated carbocycles. The quantitative estimate of drug-likeness (QED) is 0.793. The summed E-state index contributed by atoms with van der Waals surface area (Å²) in [5.41, 5.74) is 0. The summed E-state index contributed by atoms with van der Waals surface area (Å²) in [6, 6.07) is 0. The third kappa shape index (κ3) is 3.36. The number of carbonyl (C=O) groups is 1. The van der Waals surface area contributed by atoms with Gasteiger partial charge < -0.3 is 4.90 Å². The average molecular weight is 257 g/mol. The Kier molecular flexibility index (Phi) is 4.70. The predicted molar refractivity (Wildman–Crippen MR) is 72.1 cm³/mol. The highest BCUT2D eigenvalue weighted by atomic mass is 32.2. The maximum atomic E-state index is 11.8. The van der Waals surface area contributed by atoms with Crippen LogP contribution in [0, 0.1) is 5.92 Å². The number of amides is 1. The van der Waals surface area contributed by atoms with Gasteiger partial charge >= 0.3 is 0 Å². The van der Waals surface area contributed by atoms with Crippen LogP contribution in [0.1, 0.15) is 13.8 Å². The molecule has 2 saturated heterocycles. The fourth-order valence-electron chi connectivity index (χ4n) is 2.49. The van der Waals surface area contributed by atoms with Gasteiger partial charge in [0.05, 0.1) is 12.7 Å². The van der Waals surface area contributed by atoms with Crippen LogP contribution in [0.3, 0.4) is 0 Å². The van der Waals surface area contributed by atoms with Crippen molar-refractivity contribution in [2.45, 2.75) is 20.0 Å². The third-order valence-electron chi connectivity index (χ3n) is 3.51. The van der Waals surface area contributed by atoms with E-state index >= 15 is 0 Å². The number of hydrogen-bond donors (Lipinski definition) is 1. The largest absolute Gasteiger partial charge is 0.325 e. The molecule has 0 aliphatic carbocycles. The maximum absolute atomic E-state index is 11.8. The number of nitrogens with zero attached hydrogens (tertiary/aromatic N) is 2. The van der Waals surface area contributed by atoms with E-state index in [2.05, 4.69) is 24.1 Å². The number of hydrogen-bond acceptors (Lipinski definition) is 4. The summed E-state index contributed by atoms with van der Waals surface area (Å²) in [7, 11) is 0. The van der Waals surface area contributed by atoms with Gasteiger partial charge in [-0.05, 0) is 5.92 Å². The van der Waals surface area contributed by atoms with Crippen LogP contribution in [0.15, 0.2) is 0 Å². The van der Waals surface area contributed by atoms with Gasteiger partial charge in [-0.25, -0.2) is 0 Å². The highest BCUT2D eigenvalue weighted by molar-refractivity contribution is 7.99. The van der Waals surface area contributed by atoms with Crippen molar-refractivity contribution in [3.63, 3.8) is 0 Å². The lowest BCUT2D eigenvalue weighted by Crippen LogP contribution is -2.46. The molecule has 0 bridgehead atoms. The summed E-state index contributed by atoms with van der Waals surface area (Å²) in [5, 5.41) is 3.30. The van der Waals surface area contributed by atoms with Crippen molar-refractivity contribution in [1.82, 2.24) is 15.1 Å². The van der Waals surface area contributed by atoms with Crippen LogP contribution < -0.4 is 5.32 Å². The zero-order valence-electron chi connectivity index (χ0n) is 10.8. The van der Waals surface area contributed by atoms with Crippen molar-refractivity contribution in [2.24, 2.45) is 5.92 Å². The normalized spacial score (nSPS) is 27.1. The summed E-state index contributed by atoms with van der Waals surface area (Å²) in [4.78, 5) is 16.3. The molecule has 2 fully saturated rings. The van der Waals surface area contributed by atoms with Crippen LogP contribution in [-0.4, -0.2) is 66.1 Å². The second-order valence-corrected chi connectivity index (χ2v) is 6.34. The van der Waals surface area contributed by atoms with Gasteiger partial charge in [-0.1, -0.05) is 13.8 Å². The Balaban J connectivity index is 1.81. The first kappa shape index (κ1) is 13.2. The molecule has 0 aromatic rings. The summed E-state index contributed by atoms with van der Waals surface area (Å²) in [5.74, 6) is 3.22. The second kappa shape index (κ2) is 6.07. The summed E-state index contributed by atoms with van der Waals surface area (Å²) in [6.45, 7) is 9.09. The molecule has 1 unspecified atom stereocenters. The molecule has 98 valence electrons. The minimum atomic E-state index is 0.238. The number of rotatable bonds is 4. The Bertz CT molecular complexity index is 266. The Hall–Kier alpha value is -0.260. The lowest BCUT2D eigenvalue weighted by Gasteiger charge is -2.31. The number of nitrogens with one attached hydrogen (secondary N) is 1. The van der Waals surface area contributed by atoms with E-state index in [9.17, 15) is 4.79 Å². The number of thioether (sulfide) groups is 1. The minimum absolute atomic E-state index is 0.238. The van der Waals surface area contributed by atoms with Crippen LogP contribution in [0.5, 0.6) is 0 Å². The molecular weight excluding hydrogens is 234 g/mol. The minimum Gasteiger partial charge on any atom is -0.325 e. The van der Waals surface area contributed by atoms with E-state index in [-0.39, 0.29) is 12.1 Å². The average Bonchev–Trinajstić information content (AvgIpc) is 2.69. The molecule has 2 aliphatic rings. The molecule has 2 heterocycles. The molecule has 17 heavy (non-hydrogen) atoms. The van der Waals surface area contributed by atoms with Gasteiger partial charge in [0.25, 0.3) is 0 Å². The lowest BCUT2D eigenvalue weighted by molar-refractivity contribution is -0.128. The van der Waals surface area contributed by atoms with Gasteiger partial charge in [-0.2, -0.15) is 11.8 Å². The van der Waals surface area contributed by atoms with E-state index in [1.54, 1.807) is 0 Å². The summed E-state index contributed by atoms with van der Waals surface area (Å²) >= 11 is 2.03. The molecule has 1 N–H and O–H groups in total. The van der Waals surface area contributed by atoms with Gasteiger partial charge in [-0.3, -0.25) is 15.0 Å². The van der Waals surface area contributed by atoms with E-state index < -0.39 is 0 Å². The van der Waals surface area contributed by atoms with Crippen LogP contribution in [-0.2, 0) is 4.79 Å². The molecule has 0 aromatic carbocycles. The molecule has 2 rings (SSSR count). The molecule has 1 atom stereocenters. The molecule has 4 nitrogen and oxygen atoms in total. The standard InChI is InChI=1S/C12H23N3OS/c1-10(2)12-13-9-11(16)15(12)4-3-14-5-7-17-8-6-14/h10,12-13H,3-9H2,1-2H3. The summed E-state index contributed by atoms with van der Waals surface area (Å²) < 4.78 is 0. The van der Waals surface area contributed by atoms with Gasteiger partial charge in [0.2, 0.25) is 5.91 Å². The monoisotopic (exact) mass is 257 g/mol. The van der Waals surface area contributed by atoms with Gasteiger partial charge in [0, 0.05) is 37.7 Å². The van der Waals surface area contributed by atoms with Crippen molar-refractivity contribution < 1.29 is 4.79 Å². The Morgan fingerprint density at radius 1 is 1.35 bits per heavy atom. The van der Waals surface area contributed by atoms with E-state index in [1.165, 1.54) is 24.6 Å². The van der Waals surface area contributed by atoms with Crippen LogP contribution in [0.25, 0.3) is 0 Å². The van der Waals surface area contributed by atoms with E-state index in [0.717, 1.165) is 13.1 Å². The van der Waals surface area contributed by atoms with Crippen molar-refractivity contribution in [1.29, 1.82) is 0 Å². The van der Waals surface area contributed by atoms with Crippen molar-refractivity contribution in [2.75, 3.05) is 44.2 Å². The first-order valence-corrected chi connectivity index (χ1v) is 7.67. The molecule has 0 aromatic heterocycles. The van der Waals surface area contributed by atoms with Crippen molar-refractivity contribution in [3.8, 4) is 0 Å². The second-order valence-electron chi connectivity index (χ2n) is 5.11. The zero-order valence-corrected chi connectivity index (χ0v) is 11.6. The molecular formula is C12H23N3OS. The molecule has 2 aliphatic heterocycles. The van der Waals surface area contributed by atoms with E-state index in [0.29, 0.717) is 12.5 Å². The topological polar surface area (TPSA) is 35.6 Å². The van der Waals surface area contributed by atoms with E-state index in [4.69, 9.17) is 0 Å². The molecule has 0 spiro atoms. The third-order valence-corrected chi connectivity index (χ3v) is 4.45. The van der Waals surface area contributed by atoms with Gasteiger partial charge in [0.1, 0.15) is 0 Å². The van der Waals surface area contributed by atoms with Crippen LogP contribution in [0.2, 0.25) is 0 Å². The van der Waals surface area contributed by atoms with Crippen molar-refractivity contribution >= 4 is 17.7 Å². The SMILES string of the molecule is CC(C)C1NCC(=O)N1CCN1CCSCC1. The molecule has 5 heteroatoms.